The van der Waals surface area contributed by atoms with Gasteiger partial charge >= 0.3 is 0 Å². The first kappa shape index (κ1) is 13.6. The van der Waals surface area contributed by atoms with E-state index in [4.69, 9.17) is 0 Å². The first-order valence-electron chi connectivity index (χ1n) is 6.41. The SMILES string of the molecule is O=C(Nc1ccc([N+](=O)[O-])cc1)c1ccc2cccnc2n1. The zero-order chi connectivity index (χ0) is 15.5. The number of hydrogen-bond donors (Lipinski definition) is 1. The molecule has 2 heterocycles. The normalized spacial score (nSPS) is 10.4. The molecule has 0 radical (unpaired) electrons. The largest absolute Gasteiger partial charge is 0.321 e. The zero-order valence-corrected chi connectivity index (χ0v) is 11.3. The van der Waals surface area contributed by atoms with Crippen molar-refractivity contribution >= 4 is 28.3 Å². The van der Waals surface area contributed by atoms with Crippen LogP contribution in [0.3, 0.4) is 0 Å². The van der Waals surface area contributed by atoms with Crippen LogP contribution in [0.2, 0.25) is 0 Å². The average Bonchev–Trinajstić information content (AvgIpc) is 2.55. The number of nitro benzene ring substituents is 1. The Hall–Kier alpha value is -3.35. The molecular weight excluding hydrogens is 284 g/mol. The van der Waals surface area contributed by atoms with E-state index in [0.717, 1.165) is 5.39 Å². The van der Waals surface area contributed by atoms with Crippen molar-refractivity contribution in [2.45, 2.75) is 0 Å². The highest BCUT2D eigenvalue weighted by molar-refractivity contribution is 6.03. The Balaban J connectivity index is 1.81. The van der Waals surface area contributed by atoms with Gasteiger partial charge in [-0.1, -0.05) is 0 Å². The van der Waals surface area contributed by atoms with E-state index in [2.05, 4.69) is 15.3 Å². The highest BCUT2D eigenvalue weighted by Gasteiger charge is 2.10. The fraction of sp³-hybridized carbons (Fsp3) is 0. The smallest absolute Gasteiger partial charge is 0.274 e. The van der Waals surface area contributed by atoms with E-state index in [9.17, 15) is 14.9 Å². The van der Waals surface area contributed by atoms with E-state index >= 15 is 0 Å². The van der Waals surface area contributed by atoms with Crippen molar-refractivity contribution in [2.24, 2.45) is 0 Å². The van der Waals surface area contributed by atoms with Crippen molar-refractivity contribution in [3.05, 3.63) is 70.5 Å². The van der Waals surface area contributed by atoms with Crippen LogP contribution in [0.4, 0.5) is 11.4 Å². The van der Waals surface area contributed by atoms with Gasteiger partial charge in [0.1, 0.15) is 5.69 Å². The van der Waals surface area contributed by atoms with Crippen molar-refractivity contribution in [1.82, 2.24) is 9.97 Å². The summed E-state index contributed by atoms with van der Waals surface area (Å²) in [6.45, 7) is 0. The number of pyridine rings is 2. The van der Waals surface area contributed by atoms with Gasteiger partial charge in [0.15, 0.2) is 5.65 Å². The monoisotopic (exact) mass is 294 g/mol. The summed E-state index contributed by atoms with van der Waals surface area (Å²) in [7, 11) is 0. The summed E-state index contributed by atoms with van der Waals surface area (Å²) < 4.78 is 0. The second-order valence-corrected chi connectivity index (χ2v) is 4.50. The molecule has 0 atom stereocenters. The van der Waals surface area contributed by atoms with E-state index in [1.165, 1.54) is 24.3 Å². The van der Waals surface area contributed by atoms with Gasteiger partial charge in [-0.25, -0.2) is 9.97 Å². The molecule has 7 nitrogen and oxygen atoms in total. The molecule has 0 bridgehead atoms. The van der Waals surface area contributed by atoms with Crippen LogP contribution in [0.25, 0.3) is 11.0 Å². The summed E-state index contributed by atoms with van der Waals surface area (Å²) in [6, 6.07) is 12.6. The lowest BCUT2D eigenvalue weighted by atomic mass is 10.2. The summed E-state index contributed by atoms with van der Waals surface area (Å²) >= 11 is 0. The molecule has 1 N–H and O–H groups in total. The summed E-state index contributed by atoms with van der Waals surface area (Å²) in [6.07, 6.45) is 1.60. The number of nitro groups is 1. The lowest BCUT2D eigenvalue weighted by Gasteiger charge is -2.05. The number of hydrogen-bond acceptors (Lipinski definition) is 5. The van der Waals surface area contributed by atoms with E-state index in [0.29, 0.717) is 11.3 Å². The van der Waals surface area contributed by atoms with Crippen LogP contribution in [-0.2, 0) is 0 Å². The number of nitrogens with one attached hydrogen (secondary N) is 1. The molecule has 1 amide bonds. The third-order valence-corrected chi connectivity index (χ3v) is 3.03. The number of fused-ring (bicyclic) bond motifs is 1. The van der Waals surface area contributed by atoms with E-state index in [1.807, 2.05) is 6.07 Å². The Morgan fingerprint density at radius 2 is 1.86 bits per heavy atom. The lowest BCUT2D eigenvalue weighted by Crippen LogP contribution is -2.13. The fourth-order valence-electron chi connectivity index (χ4n) is 1.94. The minimum atomic E-state index is -0.498. The maximum absolute atomic E-state index is 12.1. The molecule has 2 aromatic heterocycles. The van der Waals surface area contributed by atoms with Crippen LogP contribution in [0, 0.1) is 10.1 Å². The van der Waals surface area contributed by atoms with Crippen molar-refractivity contribution < 1.29 is 9.72 Å². The maximum Gasteiger partial charge on any atom is 0.274 e. The van der Waals surface area contributed by atoms with E-state index < -0.39 is 10.8 Å². The Morgan fingerprint density at radius 1 is 1.09 bits per heavy atom. The fourth-order valence-corrected chi connectivity index (χ4v) is 1.94. The Labute approximate surface area is 124 Å². The number of amides is 1. The number of nitrogens with zero attached hydrogens (tertiary/aromatic N) is 3. The van der Waals surface area contributed by atoms with Crippen LogP contribution in [0.1, 0.15) is 10.5 Å². The molecule has 0 unspecified atom stereocenters. The number of rotatable bonds is 3. The third kappa shape index (κ3) is 2.73. The molecule has 0 saturated heterocycles. The second kappa shape index (κ2) is 5.57. The van der Waals surface area contributed by atoms with Crippen molar-refractivity contribution in [1.29, 1.82) is 0 Å². The number of benzene rings is 1. The molecule has 0 fully saturated rings. The average molecular weight is 294 g/mol. The first-order valence-corrected chi connectivity index (χ1v) is 6.41. The van der Waals surface area contributed by atoms with Gasteiger partial charge in [-0.15, -0.1) is 0 Å². The number of non-ortho nitro benzene ring substituents is 1. The maximum atomic E-state index is 12.1. The quantitative estimate of drug-likeness (QED) is 0.591. The Morgan fingerprint density at radius 3 is 2.59 bits per heavy atom. The number of carbonyl (C=O) groups is 1. The number of anilines is 1. The van der Waals surface area contributed by atoms with Crippen LogP contribution in [0.5, 0.6) is 0 Å². The van der Waals surface area contributed by atoms with Gasteiger partial charge in [-0.2, -0.15) is 0 Å². The Bertz CT molecular complexity index is 862. The van der Waals surface area contributed by atoms with Gasteiger partial charge in [-0.3, -0.25) is 14.9 Å². The predicted molar refractivity (Wildman–Crippen MR) is 80.6 cm³/mol. The van der Waals surface area contributed by atoms with E-state index in [-0.39, 0.29) is 11.4 Å². The molecule has 3 rings (SSSR count). The van der Waals surface area contributed by atoms with E-state index in [1.54, 1.807) is 24.4 Å². The standard InChI is InChI=1S/C15H10N4O3/c20-15(17-11-4-6-12(7-5-11)19(21)22)13-8-3-10-2-1-9-16-14(10)18-13/h1-9H,(H,17,20). The van der Waals surface area contributed by atoms with Crippen molar-refractivity contribution in [3.8, 4) is 0 Å². The summed E-state index contributed by atoms with van der Waals surface area (Å²) in [5, 5.41) is 14.1. The zero-order valence-electron chi connectivity index (χ0n) is 11.3. The molecule has 7 heteroatoms. The Kier molecular flexibility index (Phi) is 3.45. The molecule has 0 aliphatic heterocycles. The van der Waals surface area contributed by atoms with Crippen molar-refractivity contribution in [2.75, 3.05) is 5.32 Å². The van der Waals surface area contributed by atoms with Crippen molar-refractivity contribution in [3.63, 3.8) is 0 Å². The summed E-state index contributed by atoms with van der Waals surface area (Å²) in [5.41, 5.74) is 1.13. The minimum absolute atomic E-state index is 0.0361. The molecule has 0 aliphatic carbocycles. The molecule has 22 heavy (non-hydrogen) atoms. The van der Waals surface area contributed by atoms with Gasteiger partial charge in [0, 0.05) is 29.4 Å². The number of aromatic nitrogens is 2. The lowest BCUT2D eigenvalue weighted by molar-refractivity contribution is -0.384. The molecule has 0 spiro atoms. The highest BCUT2D eigenvalue weighted by atomic mass is 16.6. The van der Waals surface area contributed by atoms with Gasteiger partial charge < -0.3 is 5.32 Å². The molecular formula is C15H10N4O3. The molecule has 0 aliphatic rings. The highest BCUT2D eigenvalue weighted by Crippen LogP contribution is 2.16. The number of carbonyl (C=O) groups excluding carboxylic acids is 1. The molecule has 1 aromatic carbocycles. The molecule has 0 saturated carbocycles. The second-order valence-electron chi connectivity index (χ2n) is 4.50. The molecule has 3 aromatic rings. The van der Waals surface area contributed by atoms with Crippen LogP contribution in [0.15, 0.2) is 54.7 Å². The van der Waals surface area contributed by atoms with Gasteiger partial charge in [-0.05, 0) is 36.4 Å². The van der Waals surface area contributed by atoms with Crippen LogP contribution < -0.4 is 5.32 Å². The molecule has 108 valence electrons. The van der Waals surface area contributed by atoms with Crippen LogP contribution >= 0.6 is 0 Å². The topological polar surface area (TPSA) is 98.0 Å². The van der Waals surface area contributed by atoms with Gasteiger partial charge in [0.2, 0.25) is 0 Å². The first-order chi connectivity index (χ1) is 10.6. The third-order valence-electron chi connectivity index (χ3n) is 3.03. The van der Waals surface area contributed by atoms with Crippen LogP contribution in [-0.4, -0.2) is 20.8 Å². The predicted octanol–water partition coefficient (Wildman–Crippen LogP) is 2.79. The van der Waals surface area contributed by atoms with Gasteiger partial charge in [0.05, 0.1) is 4.92 Å². The summed E-state index contributed by atoms with van der Waals surface area (Å²) in [4.78, 5) is 30.5. The minimum Gasteiger partial charge on any atom is -0.321 e. The van der Waals surface area contributed by atoms with Gasteiger partial charge in [0.25, 0.3) is 11.6 Å². The summed E-state index contributed by atoms with van der Waals surface area (Å²) in [5.74, 6) is -0.401.